The first-order valence-electron chi connectivity index (χ1n) is 12.6. The predicted molar refractivity (Wildman–Crippen MR) is 154 cm³/mol. The van der Waals surface area contributed by atoms with Gasteiger partial charge in [-0.15, -0.1) is 0 Å². The Hall–Kier alpha value is -4.54. The van der Waals surface area contributed by atoms with Crippen LogP contribution in [0.25, 0.3) is 50.3 Å². The normalized spacial score (nSPS) is 15.2. The molecule has 4 nitrogen and oxygen atoms in total. The molecule has 0 saturated carbocycles. The molecule has 2 heterocycles. The van der Waals surface area contributed by atoms with Crippen LogP contribution < -0.4 is 0 Å². The molecule has 0 amide bonds. The van der Waals surface area contributed by atoms with Gasteiger partial charge in [-0.1, -0.05) is 90.5 Å². The Labute approximate surface area is 225 Å². The molecule has 0 fully saturated rings. The molecule has 182 valence electrons. The molecule has 0 aliphatic heterocycles. The van der Waals surface area contributed by atoms with Crippen LogP contribution in [0.15, 0.2) is 120 Å². The van der Waals surface area contributed by atoms with Gasteiger partial charge in [-0.25, -0.2) is 15.0 Å². The Bertz CT molecular complexity index is 1870. The number of allylic oxidation sites excluding steroid dienone is 4. The highest BCUT2D eigenvalue weighted by molar-refractivity contribution is 6.30. The van der Waals surface area contributed by atoms with Crippen molar-refractivity contribution >= 4 is 39.1 Å². The molecule has 0 bridgehead atoms. The Morgan fingerprint density at radius 1 is 0.658 bits per heavy atom. The third-order valence-corrected chi connectivity index (χ3v) is 7.18. The van der Waals surface area contributed by atoms with Crippen molar-refractivity contribution in [2.75, 3.05) is 0 Å². The summed E-state index contributed by atoms with van der Waals surface area (Å²) in [4.78, 5) is 14.8. The average Bonchev–Trinajstić information content (AvgIpc) is 3.35. The second kappa shape index (κ2) is 9.40. The van der Waals surface area contributed by atoms with Gasteiger partial charge in [0.1, 0.15) is 11.2 Å². The van der Waals surface area contributed by atoms with Crippen LogP contribution in [0.1, 0.15) is 23.7 Å². The third-order valence-electron chi connectivity index (χ3n) is 6.95. The first-order chi connectivity index (χ1) is 18.7. The molecule has 0 saturated heterocycles. The van der Waals surface area contributed by atoms with Crippen LogP contribution in [-0.2, 0) is 0 Å². The SMILES string of the molecule is Clc1cccc(C2C=CC=C(c3nc(-c4ccccc4)nc(-c4ccc5oc6ccccc6c5c4)n3)C2)c1. The minimum atomic E-state index is 0.197. The second-order valence-corrected chi connectivity index (χ2v) is 9.86. The van der Waals surface area contributed by atoms with E-state index in [-0.39, 0.29) is 5.92 Å². The van der Waals surface area contributed by atoms with Crippen LogP contribution in [-0.4, -0.2) is 15.0 Å². The number of halogens is 1. The van der Waals surface area contributed by atoms with Crippen LogP contribution >= 0.6 is 11.6 Å². The van der Waals surface area contributed by atoms with E-state index in [2.05, 4.69) is 36.4 Å². The molecule has 1 aliphatic carbocycles. The highest BCUT2D eigenvalue weighted by Gasteiger charge is 2.20. The summed E-state index contributed by atoms with van der Waals surface area (Å²) in [5, 5.41) is 2.86. The summed E-state index contributed by atoms with van der Waals surface area (Å²) < 4.78 is 6.04. The van der Waals surface area contributed by atoms with Gasteiger partial charge in [0.2, 0.25) is 0 Å². The summed E-state index contributed by atoms with van der Waals surface area (Å²) >= 11 is 6.29. The molecule has 0 radical (unpaired) electrons. The Kier molecular flexibility index (Phi) is 5.60. The van der Waals surface area contributed by atoms with Crippen LogP contribution in [0.3, 0.4) is 0 Å². The molecular weight excluding hydrogens is 490 g/mol. The van der Waals surface area contributed by atoms with Crippen molar-refractivity contribution in [3.63, 3.8) is 0 Å². The van der Waals surface area contributed by atoms with Crippen LogP contribution in [0.4, 0.5) is 0 Å². The molecule has 38 heavy (non-hydrogen) atoms. The van der Waals surface area contributed by atoms with Gasteiger partial charge < -0.3 is 4.42 Å². The van der Waals surface area contributed by atoms with Gasteiger partial charge >= 0.3 is 0 Å². The lowest BCUT2D eigenvalue weighted by Gasteiger charge is -2.19. The maximum atomic E-state index is 6.29. The topological polar surface area (TPSA) is 51.8 Å². The molecule has 4 aromatic carbocycles. The van der Waals surface area contributed by atoms with Gasteiger partial charge in [-0.3, -0.25) is 0 Å². The third kappa shape index (κ3) is 4.19. The van der Waals surface area contributed by atoms with E-state index in [1.165, 1.54) is 5.56 Å². The Morgan fingerprint density at radius 3 is 2.29 bits per heavy atom. The number of nitrogens with zero attached hydrogens (tertiary/aromatic N) is 3. The van der Waals surface area contributed by atoms with E-state index in [1.54, 1.807) is 0 Å². The van der Waals surface area contributed by atoms with E-state index >= 15 is 0 Å². The fourth-order valence-corrected chi connectivity index (χ4v) is 5.24. The number of fused-ring (bicyclic) bond motifs is 3. The first-order valence-corrected chi connectivity index (χ1v) is 13.0. The fraction of sp³-hybridized carbons (Fsp3) is 0.0606. The zero-order valence-electron chi connectivity index (χ0n) is 20.4. The summed E-state index contributed by atoms with van der Waals surface area (Å²) in [7, 11) is 0. The summed E-state index contributed by atoms with van der Waals surface area (Å²) in [6, 6.07) is 32.3. The molecule has 5 heteroatoms. The van der Waals surface area contributed by atoms with E-state index in [0.29, 0.717) is 17.5 Å². The molecule has 1 atom stereocenters. The van der Waals surface area contributed by atoms with Gasteiger partial charge in [0.05, 0.1) is 0 Å². The van der Waals surface area contributed by atoms with Crippen molar-refractivity contribution < 1.29 is 4.42 Å². The summed E-state index contributed by atoms with van der Waals surface area (Å²) in [6.07, 6.45) is 7.16. The van der Waals surface area contributed by atoms with Crippen LogP contribution in [0.5, 0.6) is 0 Å². The summed E-state index contributed by atoms with van der Waals surface area (Å²) in [6.45, 7) is 0. The van der Waals surface area contributed by atoms with Crippen LogP contribution in [0.2, 0.25) is 5.02 Å². The number of aromatic nitrogens is 3. The quantitative estimate of drug-likeness (QED) is 0.237. The van der Waals surface area contributed by atoms with Gasteiger partial charge in [-0.2, -0.15) is 0 Å². The molecule has 0 N–H and O–H groups in total. The Balaban J connectivity index is 1.35. The van der Waals surface area contributed by atoms with Gasteiger partial charge in [0.15, 0.2) is 17.5 Å². The number of benzene rings is 4. The smallest absolute Gasteiger partial charge is 0.164 e. The first kappa shape index (κ1) is 22.6. The average molecular weight is 512 g/mol. The number of hydrogen-bond donors (Lipinski definition) is 0. The van der Waals surface area contributed by atoms with Crippen molar-refractivity contribution in [1.82, 2.24) is 15.0 Å². The summed E-state index contributed by atoms with van der Waals surface area (Å²) in [5.74, 6) is 2.17. The van der Waals surface area contributed by atoms with E-state index in [0.717, 1.165) is 50.1 Å². The zero-order valence-corrected chi connectivity index (χ0v) is 21.1. The van der Waals surface area contributed by atoms with E-state index in [9.17, 15) is 0 Å². The minimum Gasteiger partial charge on any atom is -0.456 e. The molecule has 2 aromatic heterocycles. The maximum Gasteiger partial charge on any atom is 0.164 e. The van der Waals surface area contributed by atoms with Crippen molar-refractivity contribution in [3.05, 3.63) is 132 Å². The molecule has 1 aliphatic rings. The molecule has 6 aromatic rings. The maximum absolute atomic E-state index is 6.29. The van der Waals surface area contributed by atoms with Crippen molar-refractivity contribution in [3.8, 4) is 22.8 Å². The van der Waals surface area contributed by atoms with Gasteiger partial charge in [0, 0.05) is 32.8 Å². The highest BCUT2D eigenvalue weighted by atomic mass is 35.5. The molecular formula is C33H22ClN3O. The highest BCUT2D eigenvalue weighted by Crippen LogP contribution is 2.35. The van der Waals surface area contributed by atoms with Crippen molar-refractivity contribution in [1.29, 1.82) is 0 Å². The van der Waals surface area contributed by atoms with Crippen molar-refractivity contribution in [2.45, 2.75) is 12.3 Å². The lowest BCUT2D eigenvalue weighted by Crippen LogP contribution is -2.07. The molecule has 1 unspecified atom stereocenters. The number of para-hydroxylation sites is 1. The van der Waals surface area contributed by atoms with Crippen molar-refractivity contribution in [2.24, 2.45) is 0 Å². The fourth-order valence-electron chi connectivity index (χ4n) is 5.04. The lowest BCUT2D eigenvalue weighted by atomic mass is 9.88. The number of rotatable bonds is 4. The van der Waals surface area contributed by atoms with Gasteiger partial charge in [0.25, 0.3) is 0 Å². The molecule has 0 spiro atoms. The predicted octanol–water partition coefficient (Wildman–Crippen LogP) is 8.89. The summed E-state index contributed by atoms with van der Waals surface area (Å²) in [5.41, 5.74) is 5.82. The monoisotopic (exact) mass is 511 g/mol. The van der Waals surface area contributed by atoms with E-state index < -0.39 is 0 Å². The second-order valence-electron chi connectivity index (χ2n) is 9.42. The largest absolute Gasteiger partial charge is 0.456 e. The Morgan fingerprint density at radius 2 is 1.42 bits per heavy atom. The lowest BCUT2D eigenvalue weighted by molar-refractivity contribution is 0.669. The molecule has 7 rings (SSSR count). The zero-order chi connectivity index (χ0) is 25.5. The van der Waals surface area contributed by atoms with Gasteiger partial charge in [-0.05, 0) is 54.0 Å². The van der Waals surface area contributed by atoms with Crippen LogP contribution in [0, 0.1) is 0 Å². The number of hydrogen-bond acceptors (Lipinski definition) is 4. The number of furan rings is 1. The minimum absolute atomic E-state index is 0.197. The van der Waals surface area contributed by atoms with E-state index in [4.69, 9.17) is 31.0 Å². The standard InChI is InChI=1S/C33H22ClN3O/c34-26-13-7-11-23(19-26)22-10-6-12-24(18-22)32-35-31(21-8-2-1-3-9-21)36-33(37-32)25-16-17-30-28(20-25)27-14-4-5-15-29(27)38-30/h1-17,19-20,22H,18H2. The van der Waals surface area contributed by atoms with E-state index in [1.807, 2.05) is 78.9 Å².